The molecule has 1 heterocycles. The van der Waals surface area contributed by atoms with Gasteiger partial charge in [0.25, 0.3) is 0 Å². The van der Waals surface area contributed by atoms with Gasteiger partial charge in [0.15, 0.2) is 0 Å². The van der Waals surface area contributed by atoms with Crippen LogP contribution in [0.15, 0.2) is 53.4 Å². The maximum absolute atomic E-state index is 12.6. The highest BCUT2D eigenvalue weighted by molar-refractivity contribution is 7.89. The molecule has 1 unspecified atom stereocenters. The van der Waals surface area contributed by atoms with Crippen molar-refractivity contribution in [2.45, 2.75) is 37.5 Å². The van der Waals surface area contributed by atoms with Crippen LogP contribution in [0.5, 0.6) is 0 Å². The van der Waals surface area contributed by atoms with Crippen molar-refractivity contribution in [1.29, 1.82) is 0 Å². The maximum atomic E-state index is 12.6. The van der Waals surface area contributed by atoms with Crippen molar-refractivity contribution < 1.29 is 13.2 Å². The molecule has 2 aromatic rings. The molecule has 0 bridgehead atoms. The summed E-state index contributed by atoms with van der Waals surface area (Å²) in [7, 11) is -3.53. The Morgan fingerprint density at radius 1 is 1.17 bits per heavy atom. The van der Waals surface area contributed by atoms with Gasteiger partial charge in [-0.1, -0.05) is 47.5 Å². The molecule has 1 fully saturated rings. The SMILES string of the molecule is Cc1ccc(S(=O)(=O)NCC2CCCN(C(=O)CCc3ccccc3Cl)C2)cc1. The lowest BCUT2D eigenvalue weighted by atomic mass is 9.97. The van der Waals surface area contributed by atoms with Crippen molar-refractivity contribution in [3.05, 3.63) is 64.7 Å². The fourth-order valence-corrected chi connectivity index (χ4v) is 4.93. The van der Waals surface area contributed by atoms with Crippen LogP contribution in [-0.2, 0) is 21.2 Å². The highest BCUT2D eigenvalue weighted by atomic mass is 35.5. The Balaban J connectivity index is 1.51. The van der Waals surface area contributed by atoms with Crippen molar-refractivity contribution in [3.63, 3.8) is 0 Å². The molecule has 1 N–H and O–H groups in total. The number of sulfonamides is 1. The summed E-state index contributed by atoms with van der Waals surface area (Å²) in [6.07, 6.45) is 2.81. The number of carbonyl (C=O) groups excluding carboxylic acids is 1. The summed E-state index contributed by atoms with van der Waals surface area (Å²) >= 11 is 6.17. The van der Waals surface area contributed by atoms with Crippen LogP contribution < -0.4 is 4.72 Å². The van der Waals surface area contributed by atoms with Crippen molar-refractivity contribution in [1.82, 2.24) is 9.62 Å². The highest BCUT2D eigenvalue weighted by Gasteiger charge is 2.25. The van der Waals surface area contributed by atoms with E-state index in [0.717, 1.165) is 30.5 Å². The van der Waals surface area contributed by atoms with E-state index < -0.39 is 10.0 Å². The molecule has 1 atom stereocenters. The second kappa shape index (κ2) is 9.74. The van der Waals surface area contributed by atoms with Gasteiger partial charge < -0.3 is 4.90 Å². The molecule has 156 valence electrons. The Labute approximate surface area is 178 Å². The summed E-state index contributed by atoms with van der Waals surface area (Å²) in [4.78, 5) is 14.7. The van der Waals surface area contributed by atoms with E-state index in [9.17, 15) is 13.2 Å². The van der Waals surface area contributed by atoms with Gasteiger partial charge >= 0.3 is 0 Å². The predicted octanol–water partition coefficient (Wildman–Crippen LogP) is 3.80. The van der Waals surface area contributed by atoms with Gasteiger partial charge in [-0.25, -0.2) is 13.1 Å². The molecule has 3 rings (SSSR count). The average molecular weight is 435 g/mol. The van der Waals surface area contributed by atoms with Crippen LogP contribution in [0.25, 0.3) is 0 Å². The summed E-state index contributed by atoms with van der Waals surface area (Å²) in [5.74, 6) is 0.212. The predicted molar refractivity (Wildman–Crippen MR) is 115 cm³/mol. The molecule has 0 radical (unpaired) electrons. The van der Waals surface area contributed by atoms with Gasteiger partial charge in [-0.2, -0.15) is 0 Å². The second-order valence-electron chi connectivity index (χ2n) is 7.60. The van der Waals surface area contributed by atoms with Gasteiger partial charge in [0.05, 0.1) is 4.90 Å². The molecule has 29 heavy (non-hydrogen) atoms. The minimum atomic E-state index is -3.53. The fourth-order valence-electron chi connectivity index (χ4n) is 3.59. The quantitative estimate of drug-likeness (QED) is 0.720. The van der Waals surface area contributed by atoms with Gasteiger partial charge in [0.1, 0.15) is 0 Å². The number of halogens is 1. The normalized spacial score (nSPS) is 17.3. The van der Waals surface area contributed by atoms with Crippen LogP contribution in [0, 0.1) is 12.8 Å². The zero-order valence-corrected chi connectivity index (χ0v) is 18.2. The number of benzene rings is 2. The summed E-state index contributed by atoms with van der Waals surface area (Å²) in [6, 6.07) is 14.4. The first-order valence-electron chi connectivity index (χ1n) is 9.92. The van der Waals surface area contributed by atoms with Crippen molar-refractivity contribution in [2.75, 3.05) is 19.6 Å². The molecule has 1 aliphatic rings. The van der Waals surface area contributed by atoms with E-state index >= 15 is 0 Å². The summed E-state index contributed by atoms with van der Waals surface area (Å²) in [5.41, 5.74) is 1.99. The molecule has 0 saturated carbocycles. The molecule has 0 spiro atoms. The Kier molecular flexibility index (Phi) is 7.33. The molecule has 1 aliphatic heterocycles. The first-order chi connectivity index (χ1) is 13.8. The van der Waals surface area contributed by atoms with Crippen molar-refractivity contribution in [2.24, 2.45) is 5.92 Å². The topological polar surface area (TPSA) is 66.5 Å². The third-order valence-electron chi connectivity index (χ3n) is 5.33. The monoisotopic (exact) mass is 434 g/mol. The molecular weight excluding hydrogens is 408 g/mol. The number of nitrogens with one attached hydrogen (secondary N) is 1. The Morgan fingerprint density at radius 3 is 2.62 bits per heavy atom. The molecule has 2 aromatic carbocycles. The Bertz CT molecular complexity index is 945. The fraction of sp³-hybridized carbons (Fsp3) is 0.409. The van der Waals surface area contributed by atoms with Gasteiger partial charge in [-0.3, -0.25) is 4.79 Å². The molecule has 0 aliphatic carbocycles. The lowest BCUT2D eigenvalue weighted by Gasteiger charge is -2.33. The van der Waals surface area contributed by atoms with E-state index in [1.165, 1.54) is 0 Å². The molecule has 5 nitrogen and oxygen atoms in total. The lowest BCUT2D eigenvalue weighted by molar-refractivity contribution is -0.132. The van der Waals surface area contributed by atoms with Gasteiger partial charge in [-0.05, 0) is 55.9 Å². The first-order valence-corrected chi connectivity index (χ1v) is 11.8. The van der Waals surface area contributed by atoms with Crippen LogP contribution in [-0.4, -0.2) is 38.9 Å². The average Bonchev–Trinajstić information content (AvgIpc) is 2.72. The standard InChI is InChI=1S/C22H27ClN2O3S/c1-17-8-11-20(12-9-17)29(27,28)24-15-18-5-4-14-25(16-18)22(26)13-10-19-6-2-3-7-21(19)23/h2-3,6-9,11-12,18,24H,4-5,10,13-16H2,1H3. The number of aryl methyl sites for hydroxylation is 2. The largest absolute Gasteiger partial charge is 0.342 e. The number of rotatable bonds is 7. The number of carbonyl (C=O) groups is 1. The molecule has 1 saturated heterocycles. The van der Waals surface area contributed by atoms with Gasteiger partial charge in [-0.15, -0.1) is 0 Å². The van der Waals surface area contributed by atoms with Crippen LogP contribution in [0.2, 0.25) is 5.02 Å². The highest BCUT2D eigenvalue weighted by Crippen LogP contribution is 2.20. The molecular formula is C22H27ClN2O3S. The smallest absolute Gasteiger partial charge is 0.240 e. The van der Waals surface area contributed by atoms with Crippen LogP contribution in [0.3, 0.4) is 0 Å². The molecule has 0 aromatic heterocycles. The maximum Gasteiger partial charge on any atom is 0.240 e. The summed E-state index contributed by atoms with van der Waals surface area (Å²) in [6.45, 7) is 3.56. The number of hydrogen-bond acceptors (Lipinski definition) is 3. The minimum Gasteiger partial charge on any atom is -0.342 e. The van der Waals surface area contributed by atoms with Crippen LogP contribution in [0.1, 0.15) is 30.4 Å². The third kappa shape index (κ3) is 6.04. The zero-order chi connectivity index (χ0) is 20.9. The van der Waals surface area contributed by atoms with E-state index in [4.69, 9.17) is 11.6 Å². The van der Waals surface area contributed by atoms with E-state index in [1.807, 2.05) is 36.1 Å². The number of nitrogens with zero attached hydrogens (tertiary/aromatic N) is 1. The second-order valence-corrected chi connectivity index (χ2v) is 9.78. The first kappa shape index (κ1) is 21.8. The van der Waals surface area contributed by atoms with Crippen LogP contribution >= 0.6 is 11.6 Å². The summed E-state index contributed by atoms with van der Waals surface area (Å²) in [5, 5.41) is 0.683. The van der Waals surface area contributed by atoms with Gasteiger partial charge in [0, 0.05) is 31.1 Å². The van der Waals surface area contributed by atoms with Crippen LogP contribution in [0.4, 0.5) is 0 Å². The molecule has 1 amide bonds. The van der Waals surface area contributed by atoms with E-state index in [0.29, 0.717) is 31.0 Å². The lowest BCUT2D eigenvalue weighted by Crippen LogP contribution is -2.43. The molecule has 7 heteroatoms. The van der Waals surface area contributed by atoms with E-state index in [1.54, 1.807) is 24.3 Å². The van der Waals surface area contributed by atoms with Crippen molar-refractivity contribution >= 4 is 27.5 Å². The Hall–Kier alpha value is -1.89. The Morgan fingerprint density at radius 2 is 1.90 bits per heavy atom. The third-order valence-corrected chi connectivity index (χ3v) is 7.14. The number of amides is 1. The minimum absolute atomic E-state index is 0.0935. The van der Waals surface area contributed by atoms with E-state index in [2.05, 4.69) is 4.72 Å². The van der Waals surface area contributed by atoms with E-state index in [-0.39, 0.29) is 16.7 Å². The van der Waals surface area contributed by atoms with Crippen molar-refractivity contribution in [3.8, 4) is 0 Å². The number of piperidine rings is 1. The zero-order valence-electron chi connectivity index (χ0n) is 16.6. The van der Waals surface area contributed by atoms with Gasteiger partial charge in [0.2, 0.25) is 15.9 Å². The summed E-state index contributed by atoms with van der Waals surface area (Å²) < 4.78 is 27.7. The number of hydrogen-bond donors (Lipinski definition) is 1. The number of likely N-dealkylation sites (tertiary alicyclic amines) is 1.